The molecule has 2 aliphatic heterocycles. The van der Waals surface area contributed by atoms with Gasteiger partial charge in [0.25, 0.3) is 0 Å². The van der Waals surface area contributed by atoms with Crippen LogP contribution in [0.1, 0.15) is 30.9 Å². The molecule has 2 aliphatic rings. The molecule has 2 aromatic rings. The molecule has 0 saturated carbocycles. The van der Waals surface area contributed by atoms with Crippen molar-refractivity contribution in [3.05, 3.63) is 24.0 Å². The van der Waals surface area contributed by atoms with E-state index in [2.05, 4.69) is 15.6 Å². The van der Waals surface area contributed by atoms with Gasteiger partial charge in [-0.05, 0) is 32.0 Å². The molecule has 2 aromatic heterocycles. The predicted octanol–water partition coefficient (Wildman–Crippen LogP) is 2.43. The molecule has 4 rings (SSSR count). The predicted molar refractivity (Wildman–Crippen MR) is 91.4 cm³/mol. The molecule has 0 bridgehead atoms. The van der Waals surface area contributed by atoms with E-state index in [1.807, 2.05) is 0 Å². The van der Waals surface area contributed by atoms with Crippen molar-refractivity contribution in [1.82, 2.24) is 20.2 Å². The highest BCUT2D eigenvalue weighted by atomic mass is 19.4. The lowest BCUT2D eigenvalue weighted by molar-refractivity contribution is -0.136. The van der Waals surface area contributed by atoms with Gasteiger partial charge in [-0.3, -0.25) is 15.0 Å². The number of rotatable bonds is 2. The minimum atomic E-state index is -4.53. The zero-order chi connectivity index (χ0) is 19.2. The second kappa shape index (κ2) is 6.52. The highest BCUT2D eigenvalue weighted by Gasteiger charge is 2.36. The van der Waals surface area contributed by atoms with Crippen molar-refractivity contribution < 1.29 is 22.8 Å². The smallest absolute Gasteiger partial charge is 0.329 e. The van der Waals surface area contributed by atoms with Crippen LogP contribution in [0.3, 0.4) is 0 Å². The van der Waals surface area contributed by atoms with Gasteiger partial charge in [0.1, 0.15) is 5.65 Å². The molecule has 0 aliphatic carbocycles. The first-order valence-corrected chi connectivity index (χ1v) is 8.74. The normalized spacial score (nSPS) is 19.6. The van der Waals surface area contributed by atoms with Crippen LogP contribution in [0.5, 0.6) is 0 Å². The van der Waals surface area contributed by atoms with Crippen molar-refractivity contribution in [3.63, 3.8) is 0 Å². The number of alkyl halides is 3. The third kappa shape index (κ3) is 3.25. The maximum absolute atomic E-state index is 13.6. The molecular formula is C17H18F3N5O2. The van der Waals surface area contributed by atoms with Crippen LogP contribution in [0.25, 0.3) is 11.0 Å². The molecule has 0 aromatic carbocycles. The summed E-state index contributed by atoms with van der Waals surface area (Å²) in [6, 6.07) is 0.621. The average Bonchev–Trinajstić information content (AvgIpc) is 3.01. The molecule has 144 valence electrons. The number of nitrogens with zero attached hydrogens (tertiary/aromatic N) is 3. The zero-order valence-electron chi connectivity index (χ0n) is 14.3. The number of fused-ring (bicyclic) bond motifs is 1. The van der Waals surface area contributed by atoms with Gasteiger partial charge in [-0.15, -0.1) is 0 Å². The SMILES string of the molecule is O=C1CCN(c2cnc3c(c2)c(C(F)(F)F)cn3C2CCNCC2)C(=O)N1. The Morgan fingerprint density at radius 2 is 1.93 bits per heavy atom. The Bertz CT molecular complexity index is 902. The fraction of sp³-hybridized carbons (Fsp3) is 0.471. The monoisotopic (exact) mass is 381 g/mol. The number of carbonyl (C=O) groups excluding carboxylic acids is 2. The lowest BCUT2D eigenvalue weighted by atomic mass is 10.1. The van der Waals surface area contributed by atoms with Crippen LogP contribution < -0.4 is 15.5 Å². The Morgan fingerprint density at radius 1 is 1.19 bits per heavy atom. The van der Waals surface area contributed by atoms with Crippen LogP contribution in [0.2, 0.25) is 0 Å². The van der Waals surface area contributed by atoms with Crippen molar-refractivity contribution in [2.75, 3.05) is 24.5 Å². The van der Waals surface area contributed by atoms with Gasteiger partial charge in [-0.2, -0.15) is 13.2 Å². The summed E-state index contributed by atoms with van der Waals surface area (Å²) in [5.74, 6) is -0.404. The second-order valence-corrected chi connectivity index (χ2v) is 6.75. The summed E-state index contributed by atoms with van der Waals surface area (Å²) in [6.07, 6.45) is -0.488. The molecule has 0 atom stereocenters. The molecule has 4 heterocycles. The van der Waals surface area contributed by atoms with E-state index in [4.69, 9.17) is 0 Å². The number of pyridine rings is 1. The first kappa shape index (κ1) is 17.8. The minimum absolute atomic E-state index is 0.0387. The maximum atomic E-state index is 13.6. The molecule has 2 N–H and O–H groups in total. The summed E-state index contributed by atoms with van der Waals surface area (Å²) < 4.78 is 42.4. The molecule has 0 unspecified atom stereocenters. The van der Waals surface area contributed by atoms with Crippen LogP contribution in [0, 0.1) is 0 Å². The van der Waals surface area contributed by atoms with Gasteiger partial charge >= 0.3 is 12.2 Å². The summed E-state index contributed by atoms with van der Waals surface area (Å²) in [7, 11) is 0. The van der Waals surface area contributed by atoms with E-state index in [0.29, 0.717) is 0 Å². The molecule has 2 fully saturated rings. The molecule has 10 heteroatoms. The quantitative estimate of drug-likeness (QED) is 0.838. The summed E-state index contributed by atoms with van der Waals surface area (Å²) in [5, 5.41) is 5.32. The van der Waals surface area contributed by atoms with Crippen molar-refractivity contribution >= 4 is 28.7 Å². The average molecular weight is 381 g/mol. The van der Waals surface area contributed by atoms with Gasteiger partial charge in [0.15, 0.2) is 0 Å². The van der Waals surface area contributed by atoms with Crippen molar-refractivity contribution in [2.45, 2.75) is 31.5 Å². The Balaban J connectivity index is 1.79. The largest absolute Gasteiger partial charge is 0.418 e. The van der Waals surface area contributed by atoms with Crippen molar-refractivity contribution in [2.24, 2.45) is 0 Å². The minimum Gasteiger partial charge on any atom is -0.329 e. The second-order valence-electron chi connectivity index (χ2n) is 6.75. The molecule has 2 saturated heterocycles. The molecule has 0 spiro atoms. The number of anilines is 1. The Hall–Kier alpha value is -2.62. The van der Waals surface area contributed by atoms with Gasteiger partial charge in [-0.25, -0.2) is 9.78 Å². The Morgan fingerprint density at radius 3 is 2.59 bits per heavy atom. The van der Waals surface area contributed by atoms with Crippen LogP contribution in [0.4, 0.5) is 23.7 Å². The van der Waals surface area contributed by atoms with Crippen LogP contribution in [0.15, 0.2) is 18.5 Å². The fourth-order valence-corrected chi connectivity index (χ4v) is 3.67. The van der Waals surface area contributed by atoms with E-state index < -0.39 is 23.7 Å². The third-order valence-corrected chi connectivity index (χ3v) is 5.03. The Kier molecular flexibility index (Phi) is 4.29. The number of imide groups is 1. The molecule has 27 heavy (non-hydrogen) atoms. The van der Waals surface area contributed by atoms with E-state index in [-0.39, 0.29) is 35.7 Å². The third-order valence-electron chi connectivity index (χ3n) is 5.03. The topological polar surface area (TPSA) is 79.3 Å². The Labute approximate surface area is 152 Å². The molecule has 7 nitrogen and oxygen atoms in total. The van der Waals surface area contributed by atoms with Crippen LogP contribution in [-0.2, 0) is 11.0 Å². The lowest BCUT2D eigenvalue weighted by Crippen LogP contribution is -2.49. The maximum Gasteiger partial charge on any atom is 0.418 e. The number of piperidine rings is 1. The summed E-state index contributed by atoms with van der Waals surface area (Å²) in [5.41, 5.74) is -0.272. The van der Waals surface area contributed by atoms with Gasteiger partial charge in [0.05, 0.1) is 17.4 Å². The first-order chi connectivity index (χ1) is 12.8. The van der Waals surface area contributed by atoms with Gasteiger partial charge in [-0.1, -0.05) is 0 Å². The van der Waals surface area contributed by atoms with Gasteiger partial charge in [0, 0.05) is 30.6 Å². The van der Waals surface area contributed by atoms with E-state index in [9.17, 15) is 22.8 Å². The van der Waals surface area contributed by atoms with Crippen LogP contribution >= 0.6 is 0 Å². The number of nitrogens with one attached hydrogen (secondary N) is 2. The van der Waals surface area contributed by atoms with Gasteiger partial charge in [0.2, 0.25) is 5.91 Å². The number of hydrogen-bond acceptors (Lipinski definition) is 4. The summed E-state index contributed by atoms with van der Waals surface area (Å²) >= 11 is 0. The van der Waals surface area contributed by atoms with E-state index in [1.54, 1.807) is 4.57 Å². The summed E-state index contributed by atoms with van der Waals surface area (Å²) in [4.78, 5) is 28.8. The number of urea groups is 1. The zero-order valence-corrected chi connectivity index (χ0v) is 14.3. The lowest BCUT2D eigenvalue weighted by Gasteiger charge is -2.27. The number of halogens is 3. The highest BCUT2D eigenvalue weighted by molar-refractivity contribution is 6.06. The van der Waals surface area contributed by atoms with Crippen LogP contribution in [-0.4, -0.2) is 41.1 Å². The van der Waals surface area contributed by atoms with E-state index >= 15 is 0 Å². The number of amides is 3. The number of hydrogen-bond donors (Lipinski definition) is 2. The highest BCUT2D eigenvalue weighted by Crippen LogP contribution is 2.39. The van der Waals surface area contributed by atoms with Gasteiger partial charge < -0.3 is 9.88 Å². The van der Waals surface area contributed by atoms with Crippen molar-refractivity contribution in [3.8, 4) is 0 Å². The standard InChI is InChI=1S/C17H18F3N5O2/c18-17(19,20)13-9-25(10-1-4-21-5-2-10)15-12(13)7-11(8-22-15)24-6-3-14(26)23-16(24)27/h7-10,21H,1-6H2,(H,23,26,27). The number of carbonyl (C=O) groups is 2. The fourth-order valence-electron chi connectivity index (χ4n) is 3.67. The summed E-state index contributed by atoms with van der Waals surface area (Å²) in [6.45, 7) is 1.59. The molecular weight excluding hydrogens is 363 g/mol. The van der Waals surface area contributed by atoms with E-state index in [0.717, 1.165) is 32.1 Å². The first-order valence-electron chi connectivity index (χ1n) is 8.74. The molecule has 3 amide bonds. The van der Waals surface area contributed by atoms with Crippen molar-refractivity contribution in [1.29, 1.82) is 0 Å². The number of aromatic nitrogens is 2. The van der Waals surface area contributed by atoms with E-state index in [1.165, 1.54) is 17.2 Å². The molecule has 0 radical (unpaired) electrons.